The molecule has 0 bridgehead atoms. The highest BCUT2D eigenvalue weighted by Crippen LogP contribution is 2.32. The number of halogens is 3. The Hall–Kier alpha value is -2.27. The van der Waals surface area contributed by atoms with Crippen molar-refractivity contribution >= 4 is 0 Å². The van der Waals surface area contributed by atoms with E-state index in [1.807, 2.05) is 25.2 Å². The Balaban J connectivity index is 1.83. The Morgan fingerprint density at radius 1 is 1.23 bits per heavy atom. The first kappa shape index (κ1) is 20.0. The van der Waals surface area contributed by atoms with Crippen molar-refractivity contribution in [1.82, 2.24) is 5.32 Å². The second-order valence-electron chi connectivity index (χ2n) is 6.75. The highest BCUT2D eigenvalue weighted by Gasteiger charge is 2.34. The van der Waals surface area contributed by atoms with Crippen molar-refractivity contribution in [2.75, 3.05) is 0 Å². The number of hydrogen-bond acceptors (Lipinski definition) is 2. The molecule has 1 aliphatic carbocycles. The maximum Gasteiger partial charge on any atom is 0.161 e. The van der Waals surface area contributed by atoms with Gasteiger partial charge in [0.25, 0.3) is 0 Å². The van der Waals surface area contributed by atoms with Gasteiger partial charge in [0.15, 0.2) is 11.6 Å². The maximum absolute atomic E-state index is 13.7. The molecule has 1 aromatic carbocycles. The molecule has 1 fully saturated rings. The van der Waals surface area contributed by atoms with E-state index < -0.39 is 17.5 Å². The molecule has 3 N–H and O–H groups in total. The summed E-state index contributed by atoms with van der Waals surface area (Å²) in [5.74, 6) is -2.78. The lowest BCUT2D eigenvalue weighted by Crippen LogP contribution is -2.48. The van der Waals surface area contributed by atoms with Gasteiger partial charge in [-0.2, -0.15) is 0 Å². The number of rotatable bonds is 8. The van der Waals surface area contributed by atoms with Crippen molar-refractivity contribution in [3.63, 3.8) is 0 Å². The van der Waals surface area contributed by atoms with E-state index in [0.29, 0.717) is 6.07 Å². The summed E-state index contributed by atoms with van der Waals surface area (Å²) in [7, 11) is 0. The Morgan fingerprint density at radius 3 is 2.54 bits per heavy atom. The number of allylic oxidation sites excluding steroid dienone is 5. The zero-order valence-electron chi connectivity index (χ0n) is 14.9. The molecule has 26 heavy (non-hydrogen) atoms. The van der Waals surface area contributed by atoms with Gasteiger partial charge in [0, 0.05) is 23.8 Å². The Kier molecular flexibility index (Phi) is 6.86. The minimum atomic E-state index is -1.18. The van der Waals surface area contributed by atoms with E-state index in [-0.39, 0.29) is 30.0 Å². The van der Waals surface area contributed by atoms with Gasteiger partial charge in [-0.25, -0.2) is 13.2 Å². The lowest BCUT2D eigenvalue weighted by molar-refractivity contribution is 0.198. The molecule has 1 aliphatic rings. The number of benzene rings is 1. The summed E-state index contributed by atoms with van der Waals surface area (Å²) in [4.78, 5) is 0. The molecule has 1 aromatic rings. The van der Waals surface area contributed by atoms with Crippen LogP contribution in [0.15, 0.2) is 60.9 Å². The highest BCUT2D eigenvalue weighted by atomic mass is 19.2. The smallest absolute Gasteiger partial charge is 0.161 e. The number of hydrogen-bond donors (Lipinski definition) is 2. The van der Waals surface area contributed by atoms with Crippen LogP contribution in [-0.2, 0) is 6.42 Å². The maximum atomic E-state index is 13.7. The topological polar surface area (TPSA) is 38.0 Å². The molecule has 0 radical (unpaired) electrons. The summed E-state index contributed by atoms with van der Waals surface area (Å²) in [5.41, 5.74) is 8.13. The van der Waals surface area contributed by atoms with Gasteiger partial charge in [0.05, 0.1) is 0 Å². The molecule has 0 aromatic heterocycles. The largest absolute Gasteiger partial charge is 0.383 e. The first-order valence-corrected chi connectivity index (χ1v) is 8.62. The molecule has 0 aliphatic heterocycles. The van der Waals surface area contributed by atoms with E-state index >= 15 is 0 Å². The molecular formula is C21H25F3N2. The SMILES string of the molecule is C=C/C=C\C=C(/C)C(=C)NC1CC(C(N)Cc2cc(F)c(F)cc2F)C1. The third kappa shape index (κ3) is 5.11. The lowest BCUT2D eigenvalue weighted by atomic mass is 9.74. The van der Waals surface area contributed by atoms with Crippen LogP contribution in [0.5, 0.6) is 0 Å². The molecule has 0 spiro atoms. The van der Waals surface area contributed by atoms with Crippen molar-refractivity contribution < 1.29 is 13.2 Å². The Bertz CT molecular complexity index is 731. The standard InChI is InChI=1S/C21H25F3N2/c1-4-5-6-7-13(2)14(3)26-17-8-16(9-17)21(25)11-15-10-19(23)20(24)12-18(15)22/h4-7,10,12,16-17,21,26H,1,3,8-9,11,25H2,2H3/b6-5-,13-7+. The zero-order chi connectivity index (χ0) is 19.3. The normalized spacial score (nSPS) is 21.3. The molecule has 0 heterocycles. The molecule has 0 saturated heterocycles. The van der Waals surface area contributed by atoms with Crippen molar-refractivity contribution in [2.24, 2.45) is 11.7 Å². The van der Waals surface area contributed by atoms with E-state index in [1.54, 1.807) is 6.08 Å². The minimum absolute atomic E-state index is 0.116. The summed E-state index contributed by atoms with van der Waals surface area (Å²) < 4.78 is 40.0. The molecular weight excluding hydrogens is 337 g/mol. The minimum Gasteiger partial charge on any atom is -0.383 e. The van der Waals surface area contributed by atoms with Crippen LogP contribution in [-0.4, -0.2) is 12.1 Å². The van der Waals surface area contributed by atoms with E-state index in [9.17, 15) is 13.2 Å². The second kappa shape index (κ2) is 8.90. The molecule has 2 rings (SSSR count). The lowest BCUT2D eigenvalue weighted by Gasteiger charge is -2.40. The van der Waals surface area contributed by atoms with Crippen molar-refractivity contribution in [2.45, 2.75) is 38.3 Å². The average molecular weight is 362 g/mol. The molecule has 1 atom stereocenters. The summed E-state index contributed by atoms with van der Waals surface area (Å²) in [6, 6.07) is 1.43. The van der Waals surface area contributed by atoms with Crippen LogP contribution in [0.4, 0.5) is 13.2 Å². The van der Waals surface area contributed by atoms with E-state index in [0.717, 1.165) is 30.2 Å². The molecule has 1 saturated carbocycles. The Morgan fingerprint density at radius 2 is 1.88 bits per heavy atom. The summed E-state index contributed by atoms with van der Waals surface area (Å²) >= 11 is 0. The zero-order valence-corrected chi connectivity index (χ0v) is 14.9. The molecule has 0 amide bonds. The van der Waals surface area contributed by atoms with Gasteiger partial charge in [-0.15, -0.1) is 0 Å². The van der Waals surface area contributed by atoms with Crippen LogP contribution < -0.4 is 11.1 Å². The van der Waals surface area contributed by atoms with Gasteiger partial charge in [-0.3, -0.25) is 0 Å². The number of nitrogens with two attached hydrogens (primary N) is 1. The van der Waals surface area contributed by atoms with Gasteiger partial charge in [0.1, 0.15) is 5.82 Å². The van der Waals surface area contributed by atoms with Gasteiger partial charge < -0.3 is 11.1 Å². The monoisotopic (exact) mass is 362 g/mol. The predicted molar refractivity (Wildman–Crippen MR) is 99.9 cm³/mol. The average Bonchev–Trinajstić information content (AvgIpc) is 2.55. The summed E-state index contributed by atoms with van der Waals surface area (Å²) in [6.07, 6.45) is 9.24. The van der Waals surface area contributed by atoms with E-state index in [4.69, 9.17) is 5.73 Å². The van der Waals surface area contributed by atoms with Gasteiger partial charge in [-0.1, -0.05) is 37.5 Å². The fourth-order valence-electron chi connectivity index (χ4n) is 3.01. The first-order chi connectivity index (χ1) is 12.3. The fourth-order valence-corrected chi connectivity index (χ4v) is 3.01. The van der Waals surface area contributed by atoms with Crippen molar-refractivity contribution in [3.05, 3.63) is 83.9 Å². The van der Waals surface area contributed by atoms with Crippen LogP contribution in [0.2, 0.25) is 0 Å². The van der Waals surface area contributed by atoms with E-state index in [1.165, 1.54) is 0 Å². The first-order valence-electron chi connectivity index (χ1n) is 8.62. The van der Waals surface area contributed by atoms with Crippen LogP contribution in [0.25, 0.3) is 0 Å². The second-order valence-corrected chi connectivity index (χ2v) is 6.75. The molecule has 140 valence electrons. The highest BCUT2D eigenvalue weighted by molar-refractivity contribution is 5.30. The van der Waals surface area contributed by atoms with Gasteiger partial charge >= 0.3 is 0 Å². The van der Waals surface area contributed by atoms with Crippen LogP contribution in [0.1, 0.15) is 25.3 Å². The third-order valence-electron chi connectivity index (χ3n) is 4.77. The molecule has 5 heteroatoms. The van der Waals surface area contributed by atoms with Crippen LogP contribution >= 0.6 is 0 Å². The Labute approximate surface area is 153 Å². The fraction of sp³-hybridized carbons (Fsp3) is 0.333. The van der Waals surface area contributed by atoms with Gasteiger partial charge in [0.2, 0.25) is 0 Å². The van der Waals surface area contributed by atoms with Crippen molar-refractivity contribution in [1.29, 1.82) is 0 Å². The van der Waals surface area contributed by atoms with Crippen LogP contribution in [0, 0.1) is 23.4 Å². The molecule has 1 unspecified atom stereocenters. The number of nitrogens with one attached hydrogen (secondary N) is 1. The van der Waals surface area contributed by atoms with E-state index in [2.05, 4.69) is 18.5 Å². The molecule has 2 nitrogen and oxygen atoms in total. The summed E-state index contributed by atoms with van der Waals surface area (Å²) in [6.45, 7) is 9.61. The van der Waals surface area contributed by atoms with Gasteiger partial charge in [-0.05, 0) is 49.3 Å². The third-order valence-corrected chi connectivity index (χ3v) is 4.77. The quantitative estimate of drug-likeness (QED) is 0.526. The summed E-state index contributed by atoms with van der Waals surface area (Å²) in [5, 5.41) is 3.36. The van der Waals surface area contributed by atoms with Crippen LogP contribution in [0.3, 0.4) is 0 Å². The van der Waals surface area contributed by atoms with Crippen molar-refractivity contribution in [3.8, 4) is 0 Å². The predicted octanol–water partition coefficient (Wildman–Crippen LogP) is 4.54.